The third kappa shape index (κ3) is 14.5. The molecule has 0 fully saturated rings. The minimum atomic E-state index is -2.28. The van der Waals surface area contributed by atoms with Crippen molar-refractivity contribution < 1.29 is 47.5 Å². The highest BCUT2D eigenvalue weighted by molar-refractivity contribution is 8.03. The minimum Gasteiger partial charge on any atom is -0.496 e. The van der Waals surface area contributed by atoms with Crippen molar-refractivity contribution in [2.75, 3.05) is 33.1 Å². The third-order valence-electron chi connectivity index (χ3n) is 7.81. The van der Waals surface area contributed by atoms with Crippen LogP contribution < -0.4 is 9.47 Å². The molecule has 0 spiro atoms. The summed E-state index contributed by atoms with van der Waals surface area (Å²) in [5.74, 6) is -0.0129. The van der Waals surface area contributed by atoms with E-state index < -0.39 is 41.8 Å². The van der Waals surface area contributed by atoms with Crippen LogP contribution in [0.2, 0.25) is 51.4 Å². The number of benzene rings is 1. The van der Waals surface area contributed by atoms with Gasteiger partial charge >= 0.3 is 17.9 Å². The summed E-state index contributed by atoms with van der Waals surface area (Å²) in [6.07, 6.45) is 4.03. The predicted molar refractivity (Wildman–Crippen MR) is 205 cm³/mol. The number of thioether (sulfide) groups is 1. The molecule has 3 unspecified atom stereocenters. The molecular weight excluding hydrogens is 700 g/mol. The Kier molecular flexibility index (Phi) is 17.6. The van der Waals surface area contributed by atoms with Gasteiger partial charge in [-0.2, -0.15) is 4.52 Å². The molecule has 0 saturated heterocycles. The first-order valence-electron chi connectivity index (χ1n) is 16.9. The summed E-state index contributed by atoms with van der Waals surface area (Å²) in [7, 11) is -3.45. The molecule has 2 rings (SSSR count). The average molecular weight is 758 g/mol. The quantitative estimate of drug-likeness (QED) is 0.0435. The standard InChI is InChI=1S/C35H57O10PSSi2/c1-12-41-33(36)26(4)45-46(39)18-13-19-47-29(34(37)43-17-21-49(9,10)11)22-24(2)14-15-27-31(40-5)25(3)28-23-44-35(38)30(28)32(27)42-16-20-48(6,7)8/h13-14,19,26,29,39H,12,15-18,20-23H2,1-11H3/p+1. The van der Waals surface area contributed by atoms with Crippen LogP contribution in [0.25, 0.3) is 0 Å². The van der Waals surface area contributed by atoms with Gasteiger partial charge < -0.3 is 23.7 Å². The summed E-state index contributed by atoms with van der Waals surface area (Å²) in [5, 5.41) is 1.26. The van der Waals surface area contributed by atoms with Crippen molar-refractivity contribution in [3.63, 3.8) is 0 Å². The van der Waals surface area contributed by atoms with Crippen molar-refractivity contribution in [3.8, 4) is 11.5 Å². The number of methoxy groups -OCH3 is 1. The first-order chi connectivity index (χ1) is 22.9. The van der Waals surface area contributed by atoms with Crippen molar-refractivity contribution in [1.29, 1.82) is 0 Å². The van der Waals surface area contributed by atoms with Crippen LogP contribution in [0, 0.1) is 6.92 Å². The molecule has 49 heavy (non-hydrogen) atoms. The third-order valence-corrected chi connectivity index (χ3v) is 13.5. The number of rotatable bonds is 21. The predicted octanol–water partition coefficient (Wildman–Crippen LogP) is 7.77. The highest BCUT2D eigenvalue weighted by Gasteiger charge is 2.33. The normalized spacial score (nSPS) is 15.4. The van der Waals surface area contributed by atoms with Crippen LogP contribution in [0.3, 0.4) is 0 Å². The van der Waals surface area contributed by atoms with E-state index in [1.54, 1.807) is 32.4 Å². The monoisotopic (exact) mass is 757 g/mol. The zero-order valence-corrected chi connectivity index (χ0v) is 35.1. The van der Waals surface area contributed by atoms with Gasteiger partial charge in [0.05, 0.1) is 26.9 Å². The summed E-state index contributed by atoms with van der Waals surface area (Å²) in [4.78, 5) is 48.4. The van der Waals surface area contributed by atoms with E-state index in [4.69, 9.17) is 28.2 Å². The summed E-state index contributed by atoms with van der Waals surface area (Å²) < 4.78 is 33.8. The van der Waals surface area contributed by atoms with Gasteiger partial charge in [-0.05, 0) is 69.7 Å². The Labute approximate surface area is 300 Å². The van der Waals surface area contributed by atoms with E-state index in [0.29, 0.717) is 43.1 Å². The Morgan fingerprint density at radius 1 is 1.04 bits per heavy atom. The van der Waals surface area contributed by atoms with Crippen molar-refractivity contribution in [2.45, 2.75) is 110 Å². The largest absolute Gasteiger partial charge is 0.496 e. The molecular formula is C35H58O10PSSi2+. The van der Waals surface area contributed by atoms with Gasteiger partial charge in [-0.1, -0.05) is 50.9 Å². The molecule has 1 aromatic carbocycles. The molecule has 14 heteroatoms. The molecule has 276 valence electrons. The molecule has 10 nitrogen and oxygen atoms in total. The van der Waals surface area contributed by atoms with Gasteiger partial charge in [-0.3, -0.25) is 4.79 Å². The van der Waals surface area contributed by atoms with Crippen molar-refractivity contribution >= 4 is 54.2 Å². The first kappa shape index (κ1) is 43.0. The zero-order chi connectivity index (χ0) is 36.9. The Balaban J connectivity index is 2.28. The van der Waals surface area contributed by atoms with Gasteiger partial charge in [-0.25, -0.2) is 14.5 Å². The molecule has 1 aliphatic rings. The lowest BCUT2D eigenvalue weighted by atomic mass is 9.94. The smallest absolute Gasteiger partial charge is 0.342 e. The van der Waals surface area contributed by atoms with Gasteiger partial charge in [0.2, 0.25) is 0 Å². The van der Waals surface area contributed by atoms with Crippen LogP contribution in [0.5, 0.6) is 11.5 Å². The molecule has 3 atom stereocenters. The lowest BCUT2D eigenvalue weighted by molar-refractivity contribution is -0.150. The fraction of sp³-hybridized carbons (Fsp3) is 0.629. The Morgan fingerprint density at radius 3 is 2.31 bits per heavy atom. The number of ether oxygens (including phenoxy) is 5. The molecule has 0 aliphatic carbocycles. The van der Waals surface area contributed by atoms with Crippen LogP contribution in [-0.4, -0.2) is 83.4 Å². The van der Waals surface area contributed by atoms with E-state index in [9.17, 15) is 19.3 Å². The number of carbonyl (C=O) groups excluding carboxylic acids is 3. The lowest BCUT2D eigenvalue weighted by Gasteiger charge is -2.22. The number of esters is 3. The molecule has 1 aliphatic heterocycles. The SMILES string of the molecule is CCOC(=O)C(C)O[PH+](O)CC=CSC(CC(C)=CCc1c(OC)c(C)c2c(c1OCC[Si](C)(C)C)C(=O)OC2)C(=O)OCC[Si](C)(C)C. The van der Waals surface area contributed by atoms with Gasteiger partial charge in [0.1, 0.15) is 35.1 Å². The summed E-state index contributed by atoms with van der Waals surface area (Å²) >= 11 is 1.32. The fourth-order valence-electron chi connectivity index (χ4n) is 4.88. The van der Waals surface area contributed by atoms with Gasteiger partial charge in [0.25, 0.3) is 8.38 Å². The second-order valence-corrected chi connectivity index (χ2v) is 28.4. The number of cyclic esters (lactones) is 1. The minimum absolute atomic E-state index is 0.192. The number of fused-ring (bicyclic) bond motifs is 1. The fourth-order valence-corrected chi connectivity index (χ4v) is 8.33. The highest BCUT2D eigenvalue weighted by Crippen LogP contribution is 2.43. The zero-order valence-electron chi connectivity index (χ0n) is 31.3. The molecule has 1 aromatic rings. The Hall–Kier alpha value is -2.16. The number of hydrogen-bond donors (Lipinski definition) is 1. The van der Waals surface area contributed by atoms with Crippen LogP contribution in [0.15, 0.2) is 23.1 Å². The second kappa shape index (κ2) is 20.0. The van der Waals surface area contributed by atoms with Crippen molar-refractivity contribution in [1.82, 2.24) is 0 Å². The van der Waals surface area contributed by atoms with E-state index in [1.165, 1.54) is 11.8 Å². The van der Waals surface area contributed by atoms with E-state index in [-0.39, 0.29) is 31.3 Å². The molecule has 0 saturated carbocycles. The van der Waals surface area contributed by atoms with Crippen LogP contribution in [-0.2, 0) is 41.4 Å². The highest BCUT2D eigenvalue weighted by atomic mass is 32.2. The summed E-state index contributed by atoms with van der Waals surface area (Å²) in [6, 6.07) is 1.80. The summed E-state index contributed by atoms with van der Waals surface area (Å²) in [6.45, 7) is 22.0. The molecule has 0 radical (unpaired) electrons. The van der Waals surface area contributed by atoms with Crippen LogP contribution in [0.4, 0.5) is 0 Å². The van der Waals surface area contributed by atoms with E-state index in [0.717, 1.165) is 34.4 Å². The molecule has 1 heterocycles. The maximum atomic E-state index is 13.3. The maximum absolute atomic E-state index is 13.3. The van der Waals surface area contributed by atoms with Crippen molar-refractivity contribution in [3.05, 3.63) is 45.4 Å². The molecule has 0 amide bonds. The number of hydrogen-bond acceptors (Lipinski definition) is 11. The maximum Gasteiger partial charge on any atom is 0.342 e. The number of allylic oxidation sites excluding steroid dienone is 3. The molecule has 0 aromatic heterocycles. The van der Waals surface area contributed by atoms with Gasteiger partial charge in [0.15, 0.2) is 6.10 Å². The number of carbonyl (C=O) groups is 3. The van der Waals surface area contributed by atoms with Crippen LogP contribution in [0.1, 0.15) is 54.2 Å². The second-order valence-electron chi connectivity index (χ2n) is 14.6. The summed E-state index contributed by atoms with van der Waals surface area (Å²) in [5.41, 5.74) is 3.87. The Bertz CT molecular complexity index is 1350. The van der Waals surface area contributed by atoms with Crippen molar-refractivity contribution in [2.24, 2.45) is 0 Å². The van der Waals surface area contributed by atoms with E-state index in [2.05, 4.69) is 39.3 Å². The van der Waals surface area contributed by atoms with E-state index >= 15 is 0 Å². The topological polar surface area (TPSA) is 127 Å². The van der Waals surface area contributed by atoms with Gasteiger partial charge in [0, 0.05) is 27.3 Å². The molecule has 1 N–H and O–H groups in total. The lowest BCUT2D eigenvalue weighted by Crippen LogP contribution is -2.26. The Morgan fingerprint density at radius 2 is 1.69 bits per heavy atom. The molecule has 0 bridgehead atoms. The van der Waals surface area contributed by atoms with Gasteiger partial charge in [-0.15, -0.1) is 11.8 Å². The average Bonchev–Trinajstić information content (AvgIpc) is 3.39. The van der Waals surface area contributed by atoms with E-state index in [1.807, 2.05) is 19.9 Å². The van der Waals surface area contributed by atoms with Crippen LogP contribution >= 0.6 is 20.1 Å². The first-order valence-corrected chi connectivity index (χ1v) is 26.8.